The molecule has 0 saturated carbocycles. The first-order valence-corrected chi connectivity index (χ1v) is 9.44. The van der Waals surface area contributed by atoms with Crippen molar-refractivity contribution >= 4 is 34.4 Å². The number of benzene rings is 2. The molecule has 3 rings (SSSR count). The number of rotatable bonds is 6. The Morgan fingerprint density at radius 2 is 1.82 bits per heavy atom. The third-order valence-electron chi connectivity index (χ3n) is 4.51. The predicted octanol–water partition coefficient (Wildman–Crippen LogP) is 4.23. The van der Waals surface area contributed by atoms with Crippen LogP contribution in [-0.4, -0.2) is 23.5 Å². The number of fused-ring (bicyclic) bond motifs is 1. The van der Waals surface area contributed by atoms with Crippen LogP contribution in [0.4, 0.5) is 0 Å². The average Bonchev–Trinajstić information content (AvgIpc) is 2.71. The fourth-order valence-electron chi connectivity index (χ4n) is 3.02. The normalized spacial score (nSPS) is 10.7. The number of halogens is 1. The number of esters is 1. The van der Waals surface area contributed by atoms with E-state index in [1.807, 2.05) is 50.2 Å². The fraction of sp³-hybridized carbons (Fsp3) is 0.227. The smallest absolute Gasteiger partial charge is 0.339 e. The molecule has 2 aromatic carbocycles. The Morgan fingerprint density at radius 3 is 2.54 bits per heavy atom. The van der Waals surface area contributed by atoms with Gasteiger partial charge in [0.1, 0.15) is 0 Å². The average molecular weight is 397 g/mol. The number of hydrogen-bond acceptors (Lipinski definition) is 4. The van der Waals surface area contributed by atoms with Gasteiger partial charge in [0.15, 0.2) is 6.61 Å². The molecule has 0 atom stereocenters. The van der Waals surface area contributed by atoms with E-state index in [4.69, 9.17) is 16.3 Å². The van der Waals surface area contributed by atoms with Crippen LogP contribution < -0.4 is 5.32 Å². The summed E-state index contributed by atoms with van der Waals surface area (Å²) in [6, 6.07) is 14.6. The molecule has 6 heteroatoms. The third-order valence-corrected chi connectivity index (χ3v) is 4.76. The van der Waals surface area contributed by atoms with Crippen LogP contribution in [-0.2, 0) is 22.5 Å². The molecule has 0 aliphatic heterocycles. The summed E-state index contributed by atoms with van der Waals surface area (Å²) in [4.78, 5) is 29.4. The number of aryl methyl sites for hydroxylation is 1. The molecule has 28 heavy (non-hydrogen) atoms. The maximum Gasteiger partial charge on any atom is 0.339 e. The summed E-state index contributed by atoms with van der Waals surface area (Å²) in [7, 11) is 0. The molecule has 0 radical (unpaired) electrons. The Labute approximate surface area is 168 Å². The lowest BCUT2D eigenvalue weighted by Crippen LogP contribution is -2.28. The van der Waals surface area contributed by atoms with E-state index in [1.54, 1.807) is 12.1 Å². The number of nitrogens with one attached hydrogen (secondary N) is 1. The van der Waals surface area contributed by atoms with Crippen molar-refractivity contribution in [1.29, 1.82) is 0 Å². The van der Waals surface area contributed by atoms with Crippen molar-refractivity contribution in [3.63, 3.8) is 0 Å². The molecule has 1 heterocycles. The van der Waals surface area contributed by atoms with Gasteiger partial charge in [-0.15, -0.1) is 0 Å². The fourth-order valence-corrected chi connectivity index (χ4v) is 3.15. The largest absolute Gasteiger partial charge is 0.452 e. The molecule has 0 saturated heterocycles. The van der Waals surface area contributed by atoms with E-state index in [0.29, 0.717) is 23.6 Å². The molecule has 0 bridgehead atoms. The van der Waals surface area contributed by atoms with Gasteiger partial charge in [0, 0.05) is 22.6 Å². The second-order valence-electron chi connectivity index (χ2n) is 6.41. The van der Waals surface area contributed by atoms with Gasteiger partial charge in [0.05, 0.1) is 11.1 Å². The standard InChI is InChI=1S/C22H21ClN2O3/c1-3-18-14(2)21(17-6-4-5-7-19(17)25-18)22(27)28-13-20(26)24-12-15-8-10-16(23)11-9-15/h4-11H,3,12-13H2,1-2H3,(H,24,26). The van der Waals surface area contributed by atoms with E-state index in [9.17, 15) is 9.59 Å². The van der Waals surface area contributed by atoms with Gasteiger partial charge in [0.25, 0.3) is 5.91 Å². The summed E-state index contributed by atoms with van der Waals surface area (Å²) in [6.07, 6.45) is 0.707. The summed E-state index contributed by atoms with van der Waals surface area (Å²) < 4.78 is 5.29. The van der Waals surface area contributed by atoms with Gasteiger partial charge in [-0.3, -0.25) is 9.78 Å². The number of carbonyl (C=O) groups is 2. The van der Waals surface area contributed by atoms with Crippen molar-refractivity contribution in [3.8, 4) is 0 Å². The number of pyridine rings is 1. The van der Waals surface area contributed by atoms with Crippen LogP contribution in [0.25, 0.3) is 10.9 Å². The first-order valence-electron chi connectivity index (χ1n) is 9.06. The van der Waals surface area contributed by atoms with Crippen molar-refractivity contribution in [3.05, 3.63) is 75.9 Å². The minimum Gasteiger partial charge on any atom is -0.452 e. The van der Waals surface area contributed by atoms with E-state index < -0.39 is 5.97 Å². The van der Waals surface area contributed by atoms with Gasteiger partial charge in [-0.05, 0) is 42.7 Å². The second kappa shape index (κ2) is 8.85. The molecule has 1 N–H and O–H groups in total. The maximum atomic E-state index is 12.7. The lowest BCUT2D eigenvalue weighted by atomic mass is 10.0. The molecule has 0 aliphatic carbocycles. The quantitative estimate of drug-likeness (QED) is 0.633. The first-order chi connectivity index (χ1) is 13.5. The topological polar surface area (TPSA) is 68.3 Å². The zero-order valence-corrected chi connectivity index (χ0v) is 16.5. The van der Waals surface area contributed by atoms with Gasteiger partial charge in [0.2, 0.25) is 0 Å². The highest BCUT2D eigenvalue weighted by Crippen LogP contribution is 2.24. The Hall–Kier alpha value is -2.92. The third kappa shape index (κ3) is 4.49. The van der Waals surface area contributed by atoms with Crippen molar-refractivity contribution in [2.45, 2.75) is 26.8 Å². The maximum absolute atomic E-state index is 12.7. The molecular formula is C22H21ClN2O3. The Balaban J connectivity index is 1.68. The SMILES string of the molecule is CCc1nc2ccccc2c(C(=O)OCC(=O)NCc2ccc(Cl)cc2)c1C. The van der Waals surface area contributed by atoms with E-state index >= 15 is 0 Å². The van der Waals surface area contributed by atoms with E-state index in [-0.39, 0.29) is 12.5 Å². The van der Waals surface area contributed by atoms with Gasteiger partial charge < -0.3 is 10.1 Å². The molecule has 0 fully saturated rings. The number of hydrogen-bond donors (Lipinski definition) is 1. The zero-order valence-electron chi connectivity index (χ0n) is 15.8. The molecule has 0 unspecified atom stereocenters. The summed E-state index contributed by atoms with van der Waals surface area (Å²) in [6.45, 7) is 3.84. The number of carbonyl (C=O) groups excluding carboxylic acids is 2. The van der Waals surface area contributed by atoms with Crippen molar-refractivity contribution in [1.82, 2.24) is 10.3 Å². The van der Waals surface area contributed by atoms with Crippen LogP contribution in [0, 0.1) is 6.92 Å². The zero-order chi connectivity index (χ0) is 20.1. The molecule has 3 aromatic rings. The summed E-state index contributed by atoms with van der Waals surface area (Å²) in [5, 5.41) is 4.09. The monoisotopic (exact) mass is 396 g/mol. The second-order valence-corrected chi connectivity index (χ2v) is 6.84. The van der Waals surface area contributed by atoms with Crippen LogP contribution in [0.2, 0.25) is 5.02 Å². The number of nitrogens with zero attached hydrogens (tertiary/aromatic N) is 1. The summed E-state index contributed by atoms with van der Waals surface area (Å²) in [5.41, 5.74) is 3.75. The Morgan fingerprint density at radius 1 is 1.11 bits per heavy atom. The highest BCUT2D eigenvalue weighted by molar-refractivity contribution is 6.30. The summed E-state index contributed by atoms with van der Waals surface area (Å²) >= 11 is 5.84. The number of para-hydroxylation sites is 1. The molecular weight excluding hydrogens is 376 g/mol. The van der Waals surface area contributed by atoms with Gasteiger partial charge in [-0.2, -0.15) is 0 Å². The predicted molar refractivity (Wildman–Crippen MR) is 109 cm³/mol. The first kappa shape index (κ1) is 19.8. The molecule has 0 aliphatic rings. The number of amides is 1. The summed E-state index contributed by atoms with van der Waals surface area (Å²) in [5.74, 6) is -0.887. The number of ether oxygens (including phenoxy) is 1. The highest BCUT2D eigenvalue weighted by atomic mass is 35.5. The Bertz CT molecular complexity index is 1020. The lowest BCUT2D eigenvalue weighted by Gasteiger charge is -2.13. The molecule has 1 aromatic heterocycles. The lowest BCUT2D eigenvalue weighted by molar-refractivity contribution is -0.124. The van der Waals surface area contributed by atoms with E-state index in [2.05, 4.69) is 10.3 Å². The molecule has 144 valence electrons. The van der Waals surface area contributed by atoms with Crippen molar-refractivity contribution in [2.24, 2.45) is 0 Å². The van der Waals surface area contributed by atoms with Crippen LogP contribution in [0.3, 0.4) is 0 Å². The van der Waals surface area contributed by atoms with Gasteiger partial charge >= 0.3 is 5.97 Å². The van der Waals surface area contributed by atoms with Gasteiger partial charge in [-0.1, -0.05) is 48.9 Å². The van der Waals surface area contributed by atoms with Crippen molar-refractivity contribution < 1.29 is 14.3 Å². The van der Waals surface area contributed by atoms with Gasteiger partial charge in [-0.25, -0.2) is 4.79 Å². The Kier molecular flexibility index (Phi) is 6.26. The van der Waals surface area contributed by atoms with Crippen LogP contribution in [0.5, 0.6) is 0 Å². The number of aromatic nitrogens is 1. The minimum absolute atomic E-state index is 0.338. The van der Waals surface area contributed by atoms with Crippen LogP contribution in [0.15, 0.2) is 48.5 Å². The van der Waals surface area contributed by atoms with E-state index in [0.717, 1.165) is 27.7 Å². The molecule has 0 spiro atoms. The van der Waals surface area contributed by atoms with Crippen LogP contribution in [0.1, 0.15) is 34.1 Å². The highest BCUT2D eigenvalue weighted by Gasteiger charge is 2.19. The molecule has 5 nitrogen and oxygen atoms in total. The van der Waals surface area contributed by atoms with Crippen LogP contribution >= 0.6 is 11.6 Å². The molecule has 1 amide bonds. The van der Waals surface area contributed by atoms with Crippen molar-refractivity contribution in [2.75, 3.05) is 6.61 Å². The van der Waals surface area contributed by atoms with E-state index in [1.165, 1.54) is 0 Å². The minimum atomic E-state index is -0.521.